The van der Waals surface area contributed by atoms with Crippen LogP contribution in [0.25, 0.3) is 0 Å². The Hall–Kier alpha value is -1.26. The molecule has 0 spiro atoms. The lowest BCUT2D eigenvalue weighted by molar-refractivity contribution is 0.281. The number of thiazole rings is 1. The first-order chi connectivity index (χ1) is 8.72. The van der Waals surface area contributed by atoms with E-state index in [1.54, 1.807) is 18.4 Å². The maximum absolute atomic E-state index is 5.81. The number of methoxy groups -OCH3 is 1. The summed E-state index contributed by atoms with van der Waals surface area (Å²) >= 11 is 7.42. The van der Waals surface area contributed by atoms with E-state index in [1.807, 2.05) is 30.5 Å². The van der Waals surface area contributed by atoms with Crippen LogP contribution in [0, 0.1) is 6.92 Å². The van der Waals surface area contributed by atoms with Crippen molar-refractivity contribution in [3.05, 3.63) is 39.8 Å². The maximum atomic E-state index is 5.81. The van der Waals surface area contributed by atoms with Gasteiger partial charge in [0.2, 0.25) is 0 Å². The standard InChI is InChI=1S/C13H14ClNO2S/c1-9-15-11(8-18-9)7-17-13-5-10(6-14)3-4-12(13)16-2/h3-5,8H,6-7H2,1-2H3. The quantitative estimate of drug-likeness (QED) is 0.783. The van der Waals surface area contributed by atoms with Gasteiger partial charge < -0.3 is 9.47 Å². The molecule has 0 unspecified atom stereocenters. The fourth-order valence-corrected chi connectivity index (χ4v) is 2.31. The van der Waals surface area contributed by atoms with Crippen LogP contribution in [0.4, 0.5) is 0 Å². The van der Waals surface area contributed by atoms with E-state index in [0.717, 1.165) is 16.3 Å². The predicted molar refractivity (Wildman–Crippen MR) is 73.7 cm³/mol. The Bertz CT molecular complexity index is 527. The van der Waals surface area contributed by atoms with Crippen molar-refractivity contribution in [1.29, 1.82) is 0 Å². The minimum Gasteiger partial charge on any atom is -0.493 e. The number of ether oxygens (including phenoxy) is 2. The number of hydrogen-bond donors (Lipinski definition) is 0. The highest BCUT2D eigenvalue weighted by Gasteiger charge is 2.07. The molecule has 18 heavy (non-hydrogen) atoms. The van der Waals surface area contributed by atoms with E-state index in [9.17, 15) is 0 Å². The van der Waals surface area contributed by atoms with Crippen molar-refractivity contribution in [3.8, 4) is 11.5 Å². The summed E-state index contributed by atoms with van der Waals surface area (Å²) < 4.78 is 11.0. The van der Waals surface area contributed by atoms with E-state index in [4.69, 9.17) is 21.1 Å². The summed E-state index contributed by atoms with van der Waals surface area (Å²) in [4.78, 5) is 4.35. The second kappa shape index (κ2) is 6.07. The molecule has 0 aliphatic heterocycles. The van der Waals surface area contributed by atoms with Crippen LogP contribution in [0.2, 0.25) is 0 Å². The summed E-state index contributed by atoms with van der Waals surface area (Å²) in [6.45, 7) is 2.41. The van der Waals surface area contributed by atoms with Gasteiger partial charge in [0, 0.05) is 11.3 Å². The third-order valence-corrected chi connectivity index (χ3v) is 3.56. The molecule has 0 bridgehead atoms. The van der Waals surface area contributed by atoms with Gasteiger partial charge in [-0.05, 0) is 24.6 Å². The summed E-state index contributed by atoms with van der Waals surface area (Å²) in [6, 6.07) is 5.68. The van der Waals surface area contributed by atoms with Crippen LogP contribution in [0.5, 0.6) is 11.5 Å². The van der Waals surface area contributed by atoms with E-state index in [-0.39, 0.29) is 0 Å². The van der Waals surface area contributed by atoms with E-state index in [2.05, 4.69) is 4.98 Å². The highest BCUT2D eigenvalue weighted by atomic mass is 35.5. The van der Waals surface area contributed by atoms with Gasteiger partial charge in [0.15, 0.2) is 11.5 Å². The molecular weight excluding hydrogens is 270 g/mol. The van der Waals surface area contributed by atoms with Crippen LogP contribution in [0.3, 0.4) is 0 Å². The summed E-state index contributed by atoms with van der Waals surface area (Å²) in [7, 11) is 1.62. The normalized spacial score (nSPS) is 10.4. The van der Waals surface area contributed by atoms with E-state index in [1.165, 1.54) is 0 Å². The summed E-state index contributed by atoms with van der Waals surface area (Å²) in [5, 5.41) is 3.03. The van der Waals surface area contributed by atoms with Crippen molar-refractivity contribution in [3.63, 3.8) is 0 Å². The molecule has 96 valence electrons. The van der Waals surface area contributed by atoms with E-state index < -0.39 is 0 Å². The largest absolute Gasteiger partial charge is 0.493 e. The SMILES string of the molecule is COc1ccc(CCl)cc1OCc1csc(C)n1. The fourth-order valence-electron chi connectivity index (χ4n) is 1.54. The summed E-state index contributed by atoms with van der Waals surface area (Å²) in [6.07, 6.45) is 0. The van der Waals surface area contributed by atoms with Gasteiger partial charge in [0.1, 0.15) is 6.61 Å². The Morgan fingerprint density at radius 3 is 2.78 bits per heavy atom. The average molecular weight is 284 g/mol. The van der Waals surface area contributed by atoms with Crippen molar-refractivity contribution in [2.75, 3.05) is 7.11 Å². The monoisotopic (exact) mass is 283 g/mol. The van der Waals surface area contributed by atoms with Crippen molar-refractivity contribution < 1.29 is 9.47 Å². The molecule has 2 rings (SSSR count). The number of aromatic nitrogens is 1. The molecule has 0 N–H and O–H groups in total. The van der Waals surface area contributed by atoms with Crippen LogP contribution in [0.15, 0.2) is 23.6 Å². The van der Waals surface area contributed by atoms with Gasteiger partial charge in [0.25, 0.3) is 0 Å². The molecule has 0 amide bonds. The van der Waals surface area contributed by atoms with Crippen LogP contribution < -0.4 is 9.47 Å². The van der Waals surface area contributed by atoms with Crippen molar-refractivity contribution in [1.82, 2.24) is 4.98 Å². The first-order valence-corrected chi connectivity index (χ1v) is 6.91. The molecule has 1 aromatic carbocycles. The minimum atomic E-state index is 0.437. The van der Waals surface area contributed by atoms with Gasteiger partial charge in [0.05, 0.1) is 17.8 Å². The summed E-state index contributed by atoms with van der Waals surface area (Å²) in [5.41, 5.74) is 1.93. The number of nitrogens with zero attached hydrogens (tertiary/aromatic N) is 1. The van der Waals surface area contributed by atoms with Crippen LogP contribution in [-0.2, 0) is 12.5 Å². The Balaban J connectivity index is 2.11. The maximum Gasteiger partial charge on any atom is 0.162 e. The Morgan fingerprint density at radius 2 is 2.17 bits per heavy atom. The van der Waals surface area contributed by atoms with E-state index in [0.29, 0.717) is 24.0 Å². The number of aryl methyl sites for hydroxylation is 1. The van der Waals surface area contributed by atoms with Gasteiger partial charge in [-0.15, -0.1) is 22.9 Å². The van der Waals surface area contributed by atoms with Crippen LogP contribution in [-0.4, -0.2) is 12.1 Å². The molecule has 1 aromatic heterocycles. The smallest absolute Gasteiger partial charge is 0.162 e. The predicted octanol–water partition coefficient (Wildman–Crippen LogP) is 3.78. The lowest BCUT2D eigenvalue weighted by Gasteiger charge is -2.10. The van der Waals surface area contributed by atoms with Gasteiger partial charge in [-0.25, -0.2) is 4.98 Å². The topological polar surface area (TPSA) is 31.4 Å². The average Bonchev–Trinajstić information content (AvgIpc) is 2.81. The molecule has 0 fully saturated rings. The molecule has 0 atom stereocenters. The number of benzene rings is 1. The van der Waals surface area contributed by atoms with Crippen molar-refractivity contribution >= 4 is 22.9 Å². The Kier molecular flexibility index (Phi) is 4.44. The van der Waals surface area contributed by atoms with Crippen LogP contribution in [0.1, 0.15) is 16.3 Å². The van der Waals surface area contributed by atoms with Gasteiger partial charge >= 0.3 is 0 Å². The zero-order chi connectivity index (χ0) is 13.0. The zero-order valence-corrected chi connectivity index (χ0v) is 11.8. The number of rotatable bonds is 5. The second-order valence-corrected chi connectivity index (χ2v) is 5.09. The molecule has 2 aromatic rings. The molecule has 0 aliphatic rings. The molecule has 0 aliphatic carbocycles. The molecular formula is C13H14ClNO2S. The van der Waals surface area contributed by atoms with E-state index >= 15 is 0 Å². The second-order valence-electron chi connectivity index (χ2n) is 3.77. The first kappa shape index (κ1) is 13.2. The van der Waals surface area contributed by atoms with Gasteiger partial charge in [-0.1, -0.05) is 6.07 Å². The molecule has 5 heteroatoms. The Labute approximate surface area is 115 Å². The third kappa shape index (κ3) is 3.15. The number of alkyl halides is 1. The van der Waals surface area contributed by atoms with Gasteiger partial charge in [-0.2, -0.15) is 0 Å². The Morgan fingerprint density at radius 1 is 1.33 bits per heavy atom. The minimum absolute atomic E-state index is 0.437. The highest BCUT2D eigenvalue weighted by molar-refractivity contribution is 7.09. The highest BCUT2D eigenvalue weighted by Crippen LogP contribution is 2.29. The molecule has 3 nitrogen and oxygen atoms in total. The number of hydrogen-bond acceptors (Lipinski definition) is 4. The summed E-state index contributed by atoms with van der Waals surface area (Å²) in [5.74, 6) is 1.85. The fraction of sp³-hybridized carbons (Fsp3) is 0.308. The molecule has 0 saturated heterocycles. The lowest BCUT2D eigenvalue weighted by atomic mass is 10.2. The third-order valence-electron chi connectivity index (χ3n) is 2.42. The van der Waals surface area contributed by atoms with Gasteiger partial charge in [-0.3, -0.25) is 0 Å². The van der Waals surface area contributed by atoms with Crippen molar-refractivity contribution in [2.45, 2.75) is 19.4 Å². The molecule has 1 heterocycles. The van der Waals surface area contributed by atoms with Crippen molar-refractivity contribution in [2.24, 2.45) is 0 Å². The molecule has 0 radical (unpaired) electrons. The zero-order valence-electron chi connectivity index (χ0n) is 10.3. The molecule has 0 saturated carbocycles. The number of halogens is 1. The first-order valence-electron chi connectivity index (χ1n) is 5.49. The van der Waals surface area contributed by atoms with Crippen LogP contribution >= 0.6 is 22.9 Å². The lowest BCUT2D eigenvalue weighted by Crippen LogP contribution is -1.98.